The highest BCUT2D eigenvalue weighted by atomic mass is 29.3. The molecule has 2 atom stereocenters. The first-order valence-corrected chi connectivity index (χ1v) is 15.2. The van der Waals surface area contributed by atoms with Crippen LogP contribution in [-0.2, 0) is 4.43 Å². The summed E-state index contributed by atoms with van der Waals surface area (Å²) in [5, 5.41) is 3.05. The lowest BCUT2D eigenvalue weighted by Gasteiger charge is -2.51. The average molecular weight is 356 g/mol. The van der Waals surface area contributed by atoms with Crippen LogP contribution in [0.4, 0.5) is 0 Å². The summed E-state index contributed by atoms with van der Waals surface area (Å²) in [6, 6.07) is 23.7. The van der Waals surface area contributed by atoms with E-state index in [9.17, 15) is 0 Å². The highest BCUT2D eigenvalue weighted by molar-refractivity contribution is 7.49. The SMILES string of the molecule is CCC(N)C1CC[Si](c2ccccc2)(c2ccccc2)[Si](C)(C)O1. The van der Waals surface area contributed by atoms with Crippen LogP contribution in [0.3, 0.4) is 0 Å². The molecule has 1 aliphatic rings. The summed E-state index contributed by atoms with van der Waals surface area (Å²) < 4.78 is 6.83. The summed E-state index contributed by atoms with van der Waals surface area (Å²) in [7, 11) is -3.84. The van der Waals surface area contributed by atoms with Gasteiger partial charge < -0.3 is 10.2 Å². The summed E-state index contributed by atoms with van der Waals surface area (Å²) in [6.45, 7) is 7.01. The predicted octanol–water partition coefficient (Wildman–Crippen LogP) is 3.06. The van der Waals surface area contributed by atoms with Gasteiger partial charge in [-0.2, -0.15) is 0 Å². The molecule has 0 radical (unpaired) electrons. The van der Waals surface area contributed by atoms with E-state index in [0.717, 1.165) is 12.8 Å². The van der Waals surface area contributed by atoms with Gasteiger partial charge in [0.2, 0.25) is 0 Å². The first-order valence-electron chi connectivity index (χ1n) is 9.06. The summed E-state index contributed by atoms with van der Waals surface area (Å²) in [5.41, 5.74) is 6.35. The van der Waals surface area contributed by atoms with Crippen molar-refractivity contribution in [2.24, 2.45) is 5.73 Å². The first kappa shape index (κ1) is 17.6. The van der Waals surface area contributed by atoms with Crippen LogP contribution in [0.25, 0.3) is 0 Å². The zero-order valence-corrected chi connectivity index (χ0v) is 17.0. The Kier molecular flexibility index (Phi) is 5.11. The number of nitrogens with two attached hydrogens (primary N) is 1. The van der Waals surface area contributed by atoms with E-state index < -0.39 is 15.4 Å². The van der Waals surface area contributed by atoms with E-state index in [2.05, 4.69) is 80.7 Å². The van der Waals surface area contributed by atoms with E-state index in [1.807, 2.05) is 0 Å². The minimum absolute atomic E-state index is 0.162. The molecule has 1 saturated heterocycles. The maximum Gasteiger partial charge on any atom is 0.185 e. The Morgan fingerprint density at radius 2 is 1.50 bits per heavy atom. The number of hydrogen-bond acceptors (Lipinski definition) is 2. The van der Waals surface area contributed by atoms with Crippen LogP contribution in [-0.4, -0.2) is 27.6 Å². The van der Waals surface area contributed by atoms with E-state index in [-0.39, 0.29) is 12.1 Å². The van der Waals surface area contributed by atoms with Crippen LogP contribution in [0, 0.1) is 0 Å². The Hall–Kier alpha value is -1.21. The molecule has 2 nitrogen and oxygen atoms in total. The Morgan fingerprint density at radius 3 is 1.92 bits per heavy atom. The molecule has 0 aliphatic carbocycles. The topological polar surface area (TPSA) is 35.2 Å². The molecule has 0 aromatic heterocycles. The van der Waals surface area contributed by atoms with Crippen molar-refractivity contribution in [3.63, 3.8) is 0 Å². The first-order chi connectivity index (χ1) is 11.5. The predicted molar refractivity (Wildman–Crippen MR) is 108 cm³/mol. The van der Waals surface area contributed by atoms with Crippen molar-refractivity contribution in [2.45, 2.75) is 51.0 Å². The van der Waals surface area contributed by atoms with Gasteiger partial charge in [-0.25, -0.2) is 0 Å². The van der Waals surface area contributed by atoms with Crippen molar-refractivity contribution >= 4 is 25.8 Å². The highest BCUT2D eigenvalue weighted by Crippen LogP contribution is 2.34. The molecule has 1 heterocycles. The van der Waals surface area contributed by atoms with Crippen LogP contribution in [0.15, 0.2) is 60.7 Å². The van der Waals surface area contributed by atoms with Gasteiger partial charge in [-0.15, -0.1) is 0 Å². The van der Waals surface area contributed by atoms with Gasteiger partial charge in [0.05, 0.1) is 6.10 Å². The molecular weight excluding hydrogens is 326 g/mol. The van der Waals surface area contributed by atoms with E-state index in [0.29, 0.717) is 0 Å². The van der Waals surface area contributed by atoms with Crippen molar-refractivity contribution in [3.05, 3.63) is 60.7 Å². The maximum atomic E-state index is 6.83. The maximum absolute atomic E-state index is 6.83. The number of benzene rings is 2. The Morgan fingerprint density at radius 1 is 1.00 bits per heavy atom. The molecule has 0 spiro atoms. The van der Waals surface area contributed by atoms with Crippen LogP contribution in [0.5, 0.6) is 0 Å². The van der Waals surface area contributed by atoms with Gasteiger partial charge in [-0.05, 0) is 32.0 Å². The van der Waals surface area contributed by atoms with Gasteiger partial charge in [0.1, 0.15) is 7.59 Å². The van der Waals surface area contributed by atoms with E-state index >= 15 is 0 Å². The summed E-state index contributed by atoms with van der Waals surface area (Å²) in [6.07, 6.45) is 2.30. The van der Waals surface area contributed by atoms with Crippen molar-refractivity contribution in [3.8, 4) is 0 Å². The Labute approximate surface area is 148 Å². The van der Waals surface area contributed by atoms with Crippen molar-refractivity contribution in [1.29, 1.82) is 0 Å². The molecule has 0 amide bonds. The average Bonchev–Trinajstić information content (AvgIpc) is 2.62. The van der Waals surface area contributed by atoms with Gasteiger partial charge in [-0.3, -0.25) is 0 Å². The number of hydrogen-bond donors (Lipinski definition) is 1. The summed E-state index contributed by atoms with van der Waals surface area (Å²) in [4.78, 5) is 0. The second kappa shape index (κ2) is 6.96. The molecule has 3 rings (SSSR count). The van der Waals surface area contributed by atoms with Crippen molar-refractivity contribution in [1.82, 2.24) is 0 Å². The highest BCUT2D eigenvalue weighted by Gasteiger charge is 2.57. The van der Waals surface area contributed by atoms with Crippen molar-refractivity contribution < 1.29 is 4.43 Å². The van der Waals surface area contributed by atoms with Crippen LogP contribution >= 0.6 is 0 Å². The largest absolute Gasteiger partial charge is 0.415 e. The minimum Gasteiger partial charge on any atom is -0.415 e. The van der Waals surface area contributed by atoms with Crippen molar-refractivity contribution in [2.75, 3.05) is 0 Å². The molecule has 4 heteroatoms. The molecule has 24 heavy (non-hydrogen) atoms. The van der Waals surface area contributed by atoms with Gasteiger partial charge in [0.15, 0.2) is 7.83 Å². The normalized spacial score (nSPS) is 23.6. The minimum atomic E-state index is -1.94. The molecule has 1 fully saturated rings. The summed E-state index contributed by atoms with van der Waals surface area (Å²) >= 11 is 0. The molecular formula is C20H29NOSi2. The molecule has 2 unspecified atom stereocenters. The monoisotopic (exact) mass is 355 g/mol. The van der Waals surface area contributed by atoms with E-state index in [4.69, 9.17) is 10.2 Å². The van der Waals surface area contributed by atoms with Gasteiger partial charge in [0, 0.05) is 6.04 Å². The fourth-order valence-corrected chi connectivity index (χ4v) is 19.2. The zero-order valence-electron chi connectivity index (χ0n) is 15.0. The zero-order chi connectivity index (χ0) is 17.2. The third-order valence-corrected chi connectivity index (χ3v) is 21.4. The van der Waals surface area contributed by atoms with Crippen LogP contribution in [0.2, 0.25) is 19.1 Å². The summed E-state index contributed by atoms with van der Waals surface area (Å²) in [5.74, 6) is 0. The molecule has 128 valence electrons. The molecule has 2 N–H and O–H groups in total. The lowest BCUT2D eigenvalue weighted by molar-refractivity contribution is 0.154. The smallest absolute Gasteiger partial charge is 0.185 e. The van der Waals surface area contributed by atoms with Gasteiger partial charge >= 0.3 is 0 Å². The fourth-order valence-electron chi connectivity index (χ4n) is 4.36. The molecule has 0 saturated carbocycles. The number of rotatable bonds is 4. The van der Waals surface area contributed by atoms with Gasteiger partial charge in [-0.1, -0.05) is 78.0 Å². The quantitative estimate of drug-likeness (QED) is 0.856. The lowest BCUT2D eigenvalue weighted by atomic mass is 10.1. The van der Waals surface area contributed by atoms with Gasteiger partial charge in [0.25, 0.3) is 0 Å². The van der Waals surface area contributed by atoms with E-state index in [1.165, 1.54) is 16.4 Å². The fraction of sp³-hybridized carbons (Fsp3) is 0.400. The molecule has 0 bridgehead atoms. The standard InChI is InChI=1S/C20H29NOSi2/c1-4-19(21)20-15-16-24(23(2,3)22-20,17-11-7-5-8-12-17)18-13-9-6-10-14-18/h5-14,19-20H,4,15-16,21H2,1-3H3. The second-order valence-corrected chi connectivity index (χ2v) is 20.3. The third kappa shape index (κ3) is 2.92. The van der Waals surface area contributed by atoms with E-state index in [1.54, 1.807) is 0 Å². The second-order valence-electron chi connectivity index (χ2n) is 7.41. The Balaban J connectivity index is 2.10. The molecule has 2 aromatic rings. The molecule has 1 aliphatic heterocycles. The molecule has 2 aromatic carbocycles. The van der Waals surface area contributed by atoms with Crippen LogP contribution in [0.1, 0.15) is 19.8 Å². The Bertz CT molecular complexity index is 620. The van der Waals surface area contributed by atoms with Crippen LogP contribution < -0.4 is 16.1 Å². The third-order valence-electron chi connectivity index (χ3n) is 5.76. The lowest BCUT2D eigenvalue weighted by Crippen LogP contribution is -2.78.